The molecule has 582 valence electrons. The number of fused-ring (bicyclic) bond motifs is 7. The molecule has 0 unspecified atom stereocenters. The van der Waals surface area contributed by atoms with Crippen molar-refractivity contribution in [1.82, 2.24) is 0 Å². The molecule has 0 spiro atoms. The Hall–Kier alpha value is -12.2. The van der Waals surface area contributed by atoms with Crippen LogP contribution in [0.2, 0.25) is 0 Å². The average Bonchev–Trinajstić information content (AvgIpc) is 0.742. The lowest BCUT2D eigenvalue weighted by Gasteiger charge is -2.46. The van der Waals surface area contributed by atoms with Gasteiger partial charge in [0.2, 0.25) is 0 Å². The molecule has 0 saturated carbocycles. The molecular weight excluding hydrogens is 1420 g/mol. The largest absolute Gasteiger partial charge is 0.455 e. The lowest BCUT2D eigenvalue weighted by atomic mass is 9.33. The fourth-order valence-corrected chi connectivity index (χ4v) is 18.0. The van der Waals surface area contributed by atoms with E-state index in [-0.39, 0.29) is 39.2 Å². The Bertz CT molecular complexity index is 6100. The first-order valence-electron chi connectivity index (χ1n) is 42.4. The second-order valence-electron chi connectivity index (χ2n) is 39.4. The molecule has 0 bridgehead atoms. The van der Waals surface area contributed by atoms with Crippen LogP contribution in [0, 0.1) is 0 Å². The van der Waals surface area contributed by atoms with E-state index in [1.54, 1.807) is 0 Å². The Morgan fingerprint density at radius 2 is 0.517 bits per heavy atom. The van der Waals surface area contributed by atoms with Gasteiger partial charge in [-0.05, 0) is 227 Å². The molecule has 0 saturated heterocycles. The van der Waals surface area contributed by atoms with Crippen molar-refractivity contribution < 1.29 is 4.42 Å². The van der Waals surface area contributed by atoms with E-state index < -0.39 is 0 Å². The normalized spacial score (nSPS) is 13.1. The zero-order valence-electron chi connectivity index (χ0n) is 72.0. The molecule has 0 fully saturated rings. The van der Waals surface area contributed by atoms with Crippen molar-refractivity contribution in [2.75, 3.05) is 9.80 Å². The number of furan rings is 1. The van der Waals surface area contributed by atoms with Gasteiger partial charge in [0.05, 0.1) is 11.4 Å². The highest BCUT2D eigenvalue weighted by molar-refractivity contribution is 7.00. The highest BCUT2D eigenvalue weighted by Crippen LogP contribution is 2.57. The predicted molar refractivity (Wildman–Crippen MR) is 509 cm³/mol. The molecule has 3 nitrogen and oxygen atoms in total. The molecule has 3 heterocycles. The number of anilines is 6. The number of hydrogen-bond acceptors (Lipinski definition) is 3. The van der Waals surface area contributed by atoms with Crippen LogP contribution in [0.3, 0.4) is 0 Å². The maximum atomic E-state index is 7.23. The highest BCUT2D eigenvalue weighted by atomic mass is 16.3. The van der Waals surface area contributed by atoms with Crippen LogP contribution in [0.1, 0.15) is 158 Å². The monoisotopic (exact) mass is 1530 g/mol. The zero-order chi connectivity index (χ0) is 82.3. The van der Waals surface area contributed by atoms with Gasteiger partial charge in [0.25, 0.3) is 6.71 Å². The summed E-state index contributed by atoms with van der Waals surface area (Å²) in [4.78, 5) is 5.51. The summed E-state index contributed by atoms with van der Waals surface area (Å²) in [5.41, 5.74) is 39.3. The summed E-state index contributed by atoms with van der Waals surface area (Å²) in [6.07, 6.45) is 0. The number of para-hydroxylation sites is 1. The molecule has 16 aromatic rings. The average molecular weight is 1530 g/mol. The molecule has 0 aliphatic carbocycles. The van der Waals surface area contributed by atoms with E-state index in [0.29, 0.717) is 0 Å². The first kappa shape index (κ1) is 77.0. The summed E-state index contributed by atoms with van der Waals surface area (Å²) in [7, 11) is 0. The minimum Gasteiger partial charge on any atom is -0.455 e. The zero-order valence-corrected chi connectivity index (χ0v) is 72.0. The van der Waals surface area contributed by atoms with Crippen LogP contribution in [0.15, 0.2) is 326 Å². The molecule has 2 aliphatic heterocycles. The Labute approximate surface area is 700 Å². The fourth-order valence-electron chi connectivity index (χ4n) is 18.0. The third kappa shape index (κ3) is 14.1. The van der Waals surface area contributed by atoms with Crippen molar-refractivity contribution in [2.24, 2.45) is 0 Å². The Balaban J connectivity index is 1.07. The van der Waals surface area contributed by atoms with Crippen molar-refractivity contribution in [3.05, 3.63) is 355 Å². The van der Waals surface area contributed by atoms with Gasteiger partial charge in [-0.15, -0.1) is 0 Å². The van der Waals surface area contributed by atoms with Gasteiger partial charge in [-0.25, -0.2) is 0 Å². The molecule has 18 rings (SSSR count). The second-order valence-corrected chi connectivity index (χ2v) is 39.4. The summed E-state index contributed by atoms with van der Waals surface area (Å²) >= 11 is 0. The maximum absolute atomic E-state index is 7.23. The summed E-state index contributed by atoms with van der Waals surface area (Å²) in [5.74, 6) is 0. The van der Waals surface area contributed by atoms with Gasteiger partial charge < -0.3 is 14.2 Å². The molecule has 15 aromatic carbocycles. The van der Waals surface area contributed by atoms with Crippen molar-refractivity contribution in [3.8, 4) is 100 Å². The smallest absolute Gasteiger partial charge is 0.252 e. The summed E-state index contributed by atoms with van der Waals surface area (Å²) in [5, 5.41) is 2.12. The first-order valence-corrected chi connectivity index (χ1v) is 42.4. The van der Waals surface area contributed by atoms with E-state index in [0.717, 1.165) is 145 Å². The van der Waals surface area contributed by atoms with Gasteiger partial charge in [0, 0.05) is 61.3 Å². The molecule has 4 heteroatoms. The van der Waals surface area contributed by atoms with Gasteiger partial charge in [-0.1, -0.05) is 373 Å². The molecule has 0 radical (unpaired) electrons. The van der Waals surface area contributed by atoms with E-state index in [4.69, 9.17) is 4.42 Å². The standard InChI is InChI=1S/C114H107BN2O/c1-109(2,3)85-56-81(57-86(66-85)110(4,5)6)78-51-53-98-100(62-78)116(106-92(73-39-26-20-27-40-73)68-89(113(13,14)15)69-93(106)74-41-28-21-29-42-74)102-64-84(83-60-96(108-97(61-83)91-49-34-35-50-104(91)118-108)80-48-36-47-77(55-80)72-37-24-19-25-38-72)65-103-105(102)115(98)99-54-52-79(82-58-87(111(7,8)9)67-88(59-82)112(10,11)12)63-101(99)117(103)107-94(75-43-30-22-31-44-75)70-90(114(16,17)18)71-95(107)76-45-32-23-33-46-76/h19-71H,1-18H3. The fraction of sp³-hybridized carbons (Fsp3) is 0.211. The van der Waals surface area contributed by atoms with Gasteiger partial charge in [0.15, 0.2) is 0 Å². The van der Waals surface area contributed by atoms with Gasteiger partial charge in [0.1, 0.15) is 11.2 Å². The quantitative estimate of drug-likeness (QED) is 0.120. The topological polar surface area (TPSA) is 19.6 Å². The van der Waals surface area contributed by atoms with Crippen molar-refractivity contribution >= 4 is 79.2 Å². The second kappa shape index (κ2) is 28.8. The SMILES string of the molecule is CC(C)(C)c1cc(-c2ccc3c(c2)N(c2c(-c4ccccc4)cc(C(C)(C)C)cc2-c2ccccc2)c2cc(-c4cc(-c5cccc(-c6ccccc6)c5)c5oc6ccccc6c5c4)cc4c2B3c2ccc(-c3cc(C(C)(C)C)cc(C(C)(C)C)c3)cc2N4c2c(-c3ccccc3)cc(C(C)(C)C)cc2-c2ccccc2)cc(C(C)(C)C)c1. The third-order valence-electron chi connectivity index (χ3n) is 24.9. The molecule has 1 aromatic heterocycles. The molecular formula is C114H107BN2O. The van der Waals surface area contributed by atoms with Crippen LogP contribution in [-0.2, 0) is 32.5 Å². The minimum atomic E-state index is -0.295. The van der Waals surface area contributed by atoms with Crippen LogP contribution in [-0.4, -0.2) is 6.71 Å². The van der Waals surface area contributed by atoms with E-state index in [2.05, 4.69) is 456 Å². The number of nitrogens with zero attached hydrogens (tertiary/aromatic N) is 2. The Morgan fingerprint density at radius 3 is 0.898 bits per heavy atom. The molecule has 0 atom stereocenters. The van der Waals surface area contributed by atoms with Gasteiger partial charge in [-0.2, -0.15) is 0 Å². The molecule has 0 N–H and O–H groups in total. The lowest BCUT2D eigenvalue weighted by molar-refractivity contribution is 0.568. The van der Waals surface area contributed by atoms with Crippen LogP contribution < -0.4 is 26.2 Å². The van der Waals surface area contributed by atoms with Crippen LogP contribution >= 0.6 is 0 Å². The van der Waals surface area contributed by atoms with Crippen molar-refractivity contribution in [3.63, 3.8) is 0 Å². The van der Waals surface area contributed by atoms with E-state index in [1.807, 2.05) is 0 Å². The number of hydrogen-bond donors (Lipinski definition) is 0. The van der Waals surface area contributed by atoms with Crippen LogP contribution in [0.25, 0.3) is 122 Å². The van der Waals surface area contributed by atoms with Crippen molar-refractivity contribution in [2.45, 2.75) is 157 Å². The maximum Gasteiger partial charge on any atom is 0.252 e. The van der Waals surface area contributed by atoms with Crippen LogP contribution in [0.5, 0.6) is 0 Å². The van der Waals surface area contributed by atoms with Crippen LogP contribution in [0.4, 0.5) is 34.1 Å². The van der Waals surface area contributed by atoms with E-state index >= 15 is 0 Å². The summed E-state index contributed by atoms with van der Waals surface area (Å²) < 4.78 is 7.23. The Morgan fingerprint density at radius 1 is 0.212 bits per heavy atom. The highest BCUT2D eigenvalue weighted by Gasteiger charge is 2.47. The van der Waals surface area contributed by atoms with Gasteiger partial charge in [-0.3, -0.25) is 0 Å². The van der Waals surface area contributed by atoms with Crippen molar-refractivity contribution in [1.29, 1.82) is 0 Å². The van der Waals surface area contributed by atoms with E-state index in [1.165, 1.54) is 60.9 Å². The Kier molecular flexibility index (Phi) is 18.8. The predicted octanol–water partition coefficient (Wildman–Crippen LogP) is 30.5. The van der Waals surface area contributed by atoms with Gasteiger partial charge >= 0.3 is 0 Å². The number of rotatable bonds is 11. The number of benzene rings is 15. The summed E-state index contributed by atoms with van der Waals surface area (Å²) in [6, 6.07) is 124. The minimum absolute atomic E-state index is 0.130. The molecule has 2 aliphatic rings. The van der Waals surface area contributed by atoms with E-state index in [9.17, 15) is 0 Å². The molecule has 0 amide bonds. The molecule has 118 heavy (non-hydrogen) atoms. The lowest BCUT2D eigenvalue weighted by Crippen LogP contribution is -2.61. The third-order valence-corrected chi connectivity index (χ3v) is 24.9. The summed E-state index contributed by atoms with van der Waals surface area (Å²) in [6.45, 7) is 42.2. The first-order chi connectivity index (χ1) is 56.3.